The molecule has 1 amide bonds. The van der Waals surface area contributed by atoms with E-state index in [-0.39, 0.29) is 11.7 Å². The molecule has 1 aromatic heterocycles. The zero-order valence-electron chi connectivity index (χ0n) is 18.2. The number of carbonyl (C=O) groups excluding carboxylic acids is 1. The summed E-state index contributed by atoms with van der Waals surface area (Å²) in [6, 6.07) is 10.2. The molecule has 4 rings (SSSR count). The number of hydrogen-bond donors (Lipinski definition) is 1. The van der Waals surface area contributed by atoms with Crippen LogP contribution in [0, 0.1) is 11.3 Å². The van der Waals surface area contributed by atoms with Crippen LogP contribution in [-0.2, 0) is 4.79 Å². The van der Waals surface area contributed by atoms with Gasteiger partial charge in [-0.1, -0.05) is 23.2 Å². The van der Waals surface area contributed by atoms with Crippen molar-refractivity contribution in [2.45, 2.75) is 26.8 Å². The van der Waals surface area contributed by atoms with Gasteiger partial charge in [0.1, 0.15) is 34.4 Å². The molecule has 2 aromatic rings. The molecule has 170 valence electrons. The minimum absolute atomic E-state index is 0.156. The number of amides is 1. The first-order valence-corrected chi connectivity index (χ1v) is 11.9. The van der Waals surface area contributed by atoms with Crippen LogP contribution in [-0.4, -0.2) is 34.0 Å². The Hall–Kier alpha value is -2.86. The van der Waals surface area contributed by atoms with Gasteiger partial charge in [-0.25, -0.2) is 4.99 Å². The molecular formula is C23H21Cl2N5O2S. The summed E-state index contributed by atoms with van der Waals surface area (Å²) < 4.78 is 6.23. The van der Waals surface area contributed by atoms with Crippen molar-refractivity contribution in [1.29, 1.82) is 5.26 Å². The van der Waals surface area contributed by atoms with Gasteiger partial charge in [0.05, 0.1) is 16.3 Å². The summed E-state index contributed by atoms with van der Waals surface area (Å²) in [6.45, 7) is 6.72. The van der Waals surface area contributed by atoms with E-state index in [2.05, 4.69) is 11.1 Å². The maximum Gasteiger partial charge on any atom is 0.254 e. The molecular weight excluding hydrogens is 481 g/mol. The Kier molecular flexibility index (Phi) is 6.48. The highest BCUT2D eigenvalue weighted by molar-refractivity contribution is 8.17. The number of aliphatic imine (C=N–C) groups is 1. The SMILES string of the molecule is CCN(CC)C(=O)C1=C(C)N=C2SC(C#N)=C(N)N2[C@@H]1c1ccc(-c2ccc(Cl)cc2Cl)o1. The molecule has 0 unspecified atom stereocenters. The summed E-state index contributed by atoms with van der Waals surface area (Å²) in [4.78, 5) is 21.9. The maximum absolute atomic E-state index is 13.5. The Morgan fingerprint density at radius 3 is 2.67 bits per heavy atom. The van der Waals surface area contributed by atoms with Crippen LogP contribution in [0.25, 0.3) is 11.3 Å². The highest BCUT2D eigenvalue weighted by Crippen LogP contribution is 2.46. The number of benzene rings is 1. The quantitative estimate of drug-likeness (QED) is 0.579. The molecule has 7 nitrogen and oxygen atoms in total. The summed E-state index contributed by atoms with van der Waals surface area (Å²) in [7, 11) is 0. The lowest BCUT2D eigenvalue weighted by molar-refractivity contribution is -0.127. The number of furan rings is 1. The monoisotopic (exact) mass is 501 g/mol. The Balaban J connectivity index is 1.86. The van der Waals surface area contributed by atoms with Crippen LogP contribution in [0.5, 0.6) is 0 Å². The van der Waals surface area contributed by atoms with Crippen LogP contribution < -0.4 is 5.73 Å². The van der Waals surface area contributed by atoms with Gasteiger partial charge >= 0.3 is 0 Å². The summed E-state index contributed by atoms with van der Waals surface area (Å²) in [6.07, 6.45) is 0. The lowest BCUT2D eigenvalue weighted by Crippen LogP contribution is -2.42. The molecule has 0 aliphatic carbocycles. The molecule has 10 heteroatoms. The molecule has 0 fully saturated rings. The number of rotatable bonds is 5. The first-order valence-electron chi connectivity index (χ1n) is 10.3. The summed E-state index contributed by atoms with van der Waals surface area (Å²) in [5, 5.41) is 11.0. The number of likely N-dealkylation sites (N-methyl/N-ethyl adjacent to an activating group) is 1. The Morgan fingerprint density at radius 1 is 1.30 bits per heavy atom. The molecule has 0 bridgehead atoms. The van der Waals surface area contributed by atoms with Crippen molar-refractivity contribution in [2.24, 2.45) is 10.7 Å². The van der Waals surface area contributed by atoms with Crippen LogP contribution in [0.15, 0.2) is 61.7 Å². The number of hydrogen-bond acceptors (Lipinski definition) is 7. The third kappa shape index (κ3) is 4.01. The van der Waals surface area contributed by atoms with Crippen molar-refractivity contribution in [3.05, 3.63) is 68.1 Å². The average molecular weight is 502 g/mol. The number of nitrogens with two attached hydrogens (primary N) is 1. The smallest absolute Gasteiger partial charge is 0.254 e. The molecule has 1 atom stereocenters. The van der Waals surface area contributed by atoms with E-state index in [1.165, 1.54) is 11.8 Å². The Bertz CT molecular complexity index is 1270. The highest BCUT2D eigenvalue weighted by atomic mass is 35.5. The van der Waals surface area contributed by atoms with Crippen LogP contribution in [0.3, 0.4) is 0 Å². The van der Waals surface area contributed by atoms with Crippen molar-refractivity contribution >= 4 is 46.0 Å². The van der Waals surface area contributed by atoms with E-state index in [9.17, 15) is 10.1 Å². The van der Waals surface area contributed by atoms with Crippen LogP contribution in [0.4, 0.5) is 0 Å². The molecule has 3 heterocycles. The summed E-state index contributed by atoms with van der Waals surface area (Å²) in [5.74, 6) is 1.10. The third-order valence-corrected chi connectivity index (χ3v) is 7.07. The summed E-state index contributed by atoms with van der Waals surface area (Å²) >= 11 is 13.6. The fourth-order valence-corrected chi connectivity index (χ4v) is 5.32. The van der Waals surface area contributed by atoms with Gasteiger partial charge in [0.25, 0.3) is 5.91 Å². The minimum atomic E-state index is -0.677. The van der Waals surface area contributed by atoms with Gasteiger partial charge in [-0.3, -0.25) is 9.69 Å². The number of amidine groups is 1. The lowest BCUT2D eigenvalue weighted by Gasteiger charge is -2.35. The van der Waals surface area contributed by atoms with Gasteiger partial charge in [-0.15, -0.1) is 0 Å². The van der Waals surface area contributed by atoms with Gasteiger partial charge in [-0.2, -0.15) is 5.26 Å². The molecule has 0 radical (unpaired) electrons. The number of fused-ring (bicyclic) bond motifs is 1. The van der Waals surface area contributed by atoms with Crippen LogP contribution in [0.1, 0.15) is 32.6 Å². The number of carbonyl (C=O) groups is 1. The number of allylic oxidation sites excluding steroid dienone is 2. The summed E-state index contributed by atoms with van der Waals surface area (Å²) in [5.41, 5.74) is 8.02. The van der Waals surface area contributed by atoms with Gasteiger partial charge in [0, 0.05) is 23.7 Å². The zero-order valence-corrected chi connectivity index (χ0v) is 20.6. The molecule has 0 saturated heterocycles. The number of thioether (sulfide) groups is 1. The van der Waals surface area contributed by atoms with E-state index in [0.29, 0.717) is 61.6 Å². The van der Waals surface area contributed by atoms with E-state index in [1.54, 1.807) is 47.1 Å². The Morgan fingerprint density at radius 2 is 2.03 bits per heavy atom. The van der Waals surface area contributed by atoms with Gasteiger partial charge in [-0.05, 0) is 62.9 Å². The molecule has 2 N–H and O–H groups in total. The van der Waals surface area contributed by atoms with Crippen molar-refractivity contribution in [3.8, 4) is 17.4 Å². The zero-order chi connectivity index (χ0) is 23.9. The fraction of sp³-hybridized carbons (Fsp3) is 0.261. The van der Waals surface area contributed by atoms with E-state index in [1.807, 2.05) is 13.8 Å². The van der Waals surface area contributed by atoms with E-state index in [4.69, 9.17) is 33.4 Å². The fourth-order valence-electron chi connectivity index (χ4n) is 3.90. The number of nitriles is 1. The predicted molar refractivity (Wildman–Crippen MR) is 131 cm³/mol. The third-order valence-electron chi connectivity index (χ3n) is 5.55. The second kappa shape index (κ2) is 9.18. The topological polar surface area (TPSA) is 98.9 Å². The minimum Gasteiger partial charge on any atom is -0.458 e. The number of halogens is 2. The first-order chi connectivity index (χ1) is 15.8. The van der Waals surface area contributed by atoms with Crippen molar-refractivity contribution in [2.75, 3.05) is 13.1 Å². The van der Waals surface area contributed by atoms with E-state index >= 15 is 0 Å². The van der Waals surface area contributed by atoms with E-state index in [0.717, 1.165) is 0 Å². The first kappa shape index (κ1) is 23.3. The van der Waals surface area contributed by atoms with Crippen molar-refractivity contribution in [3.63, 3.8) is 0 Å². The largest absolute Gasteiger partial charge is 0.458 e. The number of nitrogens with zero attached hydrogens (tertiary/aromatic N) is 4. The highest BCUT2D eigenvalue weighted by Gasteiger charge is 2.44. The Labute approximate surface area is 206 Å². The van der Waals surface area contributed by atoms with Gasteiger partial charge in [0.2, 0.25) is 0 Å². The normalized spacial score (nSPS) is 17.8. The molecule has 0 saturated carbocycles. The van der Waals surface area contributed by atoms with Crippen molar-refractivity contribution in [1.82, 2.24) is 9.80 Å². The average Bonchev–Trinajstić information content (AvgIpc) is 3.38. The van der Waals surface area contributed by atoms with Crippen molar-refractivity contribution < 1.29 is 9.21 Å². The van der Waals surface area contributed by atoms with Crippen LogP contribution in [0.2, 0.25) is 10.0 Å². The molecule has 33 heavy (non-hydrogen) atoms. The van der Waals surface area contributed by atoms with E-state index < -0.39 is 6.04 Å². The maximum atomic E-state index is 13.5. The lowest BCUT2D eigenvalue weighted by atomic mass is 9.98. The molecule has 2 aliphatic heterocycles. The van der Waals surface area contributed by atoms with Crippen LogP contribution >= 0.6 is 35.0 Å². The second-order valence-electron chi connectivity index (χ2n) is 7.40. The van der Waals surface area contributed by atoms with Gasteiger partial charge < -0.3 is 15.1 Å². The van der Waals surface area contributed by atoms with Gasteiger partial charge in [0.15, 0.2) is 5.17 Å². The second-order valence-corrected chi connectivity index (χ2v) is 9.22. The molecule has 2 aliphatic rings. The molecule has 1 aromatic carbocycles. The standard InChI is InChI=1S/C23H21Cl2N5O2S/c1-4-29(5-2)22(31)19-12(3)28-23-30(21(27)18(11-26)33-23)20(19)17-9-8-16(32-17)14-7-6-13(24)10-15(14)25/h6-10,20H,4-5,27H2,1-3H3/t20-/m1/s1. The predicted octanol–water partition coefficient (Wildman–Crippen LogP) is 5.51. The molecule has 0 spiro atoms.